The summed E-state index contributed by atoms with van der Waals surface area (Å²) in [5, 5.41) is 9.70. The zero-order valence-electron chi connectivity index (χ0n) is 17.4. The van der Waals surface area contributed by atoms with Crippen molar-refractivity contribution in [2.75, 3.05) is 39.5 Å². The third-order valence-electron chi connectivity index (χ3n) is 4.43. The van der Waals surface area contributed by atoms with Crippen LogP contribution in [-0.2, 0) is 19.6 Å². The van der Waals surface area contributed by atoms with Gasteiger partial charge in [0.15, 0.2) is 6.54 Å². The topological polar surface area (TPSA) is 101 Å². The van der Waals surface area contributed by atoms with Gasteiger partial charge in [-0.3, -0.25) is 4.55 Å². The van der Waals surface area contributed by atoms with Crippen LogP contribution in [0, 0.1) is 0 Å². The van der Waals surface area contributed by atoms with Crippen molar-refractivity contribution in [1.82, 2.24) is 0 Å². The van der Waals surface area contributed by atoms with Crippen molar-refractivity contribution in [3.63, 3.8) is 0 Å². The summed E-state index contributed by atoms with van der Waals surface area (Å²) in [5.41, 5.74) is 0. The summed E-state index contributed by atoms with van der Waals surface area (Å²) in [7, 11) is -0.827. The van der Waals surface area contributed by atoms with Crippen molar-refractivity contribution < 1.29 is 32.1 Å². The van der Waals surface area contributed by atoms with Gasteiger partial charge in [-0.15, -0.1) is 0 Å². The second kappa shape index (κ2) is 14.3. The number of ether oxygens (including phenoxy) is 1. The average Bonchev–Trinajstić information content (AvgIpc) is 2.49. The summed E-state index contributed by atoms with van der Waals surface area (Å²) in [6.45, 7) is 2.69. The first-order valence-electron chi connectivity index (χ1n) is 10.2. The molecule has 0 bridgehead atoms. The molecule has 0 aliphatic heterocycles. The van der Waals surface area contributed by atoms with Crippen LogP contribution in [0.25, 0.3) is 0 Å². The highest BCUT2D eigenvalue weighted by atomic mass is 32.2. The Morgan fingerprint density at radius 2 is 1.44 bits per heavy atom. The van der Waals surface area contributed by atoms with Crippen LogP contribution in [0.2, 0.25) is 0 Å². The van der Waals surface area contributed by atoms with Gasteiger partial charge in [-0.2, -0.15) is 8.42 Å². The Bertz CT molecular complexity index is 492. The van der Waals surface area contributed by atoms with Crippen molar-refractivity contribution in [3.8, 4) is 0 Å². The molecular formula is C19H40NO6S+. The van der Waals surface area contributed by atoms with Gasteiger partial charge in [0.05, 0.1) is 20.7 Å². The van der Waals surface area contributed by atoms with Crippen LogP contribution in [0.3, 0.4) is 0 Å². The molecule has 0 saturated carbocycles. The Morgan fingerprint density at radius 3 is 1.93 bits per heavy atom. The van der Waals surface area contributed by atoms with E-state index in [1.807, 2.05) is 0 Å². The highest BCUT2D eigenvalue weighted by Crippen LogP contribution is 2.10. The highest BCUT2D eigenvalue weighted by molar-refractivity contribution is 7.85. The normalized spacial score (nSPS) is 13.5. The Kier molecular flexibility index (Phi) is 13.9. The molecule has 0 heterocycles. The largest absolute Gasteiger partial charge is 0.462 e. The highest BCUT2D eigenvalue weighted by Gasteiger charge is 2.27. The van der Waals surface area contributed by atoms with Crippen LogP contribution in [-0.4, -0.2) is 74.2 Å². The third kappa shape index (κ3) is 18.4. The van der Waals surface area contributed by atoms with E-state index in [2.05, 4.69) is 6.92 Å². The van der Waals surface area contributed by atoms with Crippen LogP contribution in [0.4, 0.5) is 0 Å². The second-order valence-electron chi connectivity index (χ2n) is 8.08. The van der Waals surface area contributed by atoms with Gasteiger partial charge < -0.3 is 14.3 Å². The van der Waals surface area contributed by atoms with E-state index in [1.54, 1.807) is 14.1 Å². The van der Waals surface area contributed by atoms with Crippen LogP contribution < -0.4 is 0 Å². The van der Waals surface area contributed by atoms with Gasteiger partial charge in [-0.1, -0.05) is 64.7 Å². The van der Waals surface area contributed by atoms with Crippen LogP contribution >= 0.6 is 0 Å². The van der Waals surface area contributed by atoms with Crippen molar-refractivity contribution in [2.24, 2.45) is 0 Å². The Hall–Kier alpha value is -0.700. The summed E-state index contributed by atoms with van der Waals surface area (Å²) >= 11 is 0. The van der Waals surface area contributed by atoms with E-state index in [-0.39, 0.29) is 23.5 Å². The van der Waals surface area contributed by atoms with Crippen LogP contribution in [0.5, 0.6) is 0 Å². The van der Waals surface area contributed by atoms with Gasteiger partial charge in [-0.25, -0.2) is 4.79 Å². The van der Waals surface area contributed by atoms with E-state index in [0.717, 1.165) is 19.3 Å². The van der Waals surface area contributed by atoms with Crippen molar-refractivity contribution >= 4 is 16.1 Å². The summed E-state index contributed by atoms with van der Waals surface area (Å²) in [6, 6.07) is 0. The number of rotatable bonds is 17. The monoisotopic (exact) mass is 410 g/mol. The molecule has 1 unspecified atom stereocenters. The van der Waals surface area contributed by atoms with Gasteiger partial charge in [0.1, 0.15) is 18.4 Å². The molecule has 0 aromatic rings. The zero-order chi connectivity index (χ0) is 20.8. The minimum Gasteiger partial charge on any atom is -0.462 e. The fourth-order valence-corrected chi connectivity index (χ4v) is 3.69. The molecular weight excluding hydrogens is 370 g/mol. The Balaban J connectivity index is 3.72. The zero-order valence-corrected chi connectivity index (χ0v) is 18.2. The molecule has 0 rings (SSSR count). The molecule has 7 nitrogen and oxygen atoms in total. The standard InChI is InChI=1S/C19H39NO6S/c1-4-5-6-7-8-9-10-11-12-13-14-26-19(22)16-20(2,3)15-18(21)17-27(23,24)25/h18,21H,4-17H2,1-3H3/p+1. The van der Waals surface area contributed by atoms with E-state index in [1.165, 1.54) is 44.9 Å². The number of nitrogens with zero attached hydrogens (tertiary/aromatic N) is 1. The molecule has 0 aliphatic carbocycles. The van der Waals surface area contributed by atoms with Gasteiger partial charge in [-0.05, 0) is 6.42 Å². The molecule has 0 aliphatic rings. The number of esters is 1. The summed E-state index contributed by atoms with van der Waals surface area (Å²) in [5.74, 6) is -1.10. The molecule has 0 saturated heterocycles. The van der Waals surface area contributed by atoms with E-state index < -0.39 is 22.0 Å². The lowest BCUT2D eigenvalue weighted by Gasteiger charge is -2.30. The number of aliphatic hydroxyl groups is 1. The molecule has 8 heteroatoms. The Morgan fingerprint density at radius 1 is 0.963 bits per heavy atom. The number of carbonyl (C=O) groups is 1. The number of carbonyl (C=O) groups excluding carboxylic acids is 1. The summed E-state index contributed by atoms with van der Waals surface area (Å²) in [6.07, 6.45) is 10.9. The fraction of sp³-hybridized carbons (Fsp3) is 0.947. The van der Waals surface area contributed by atoms with Gasteiger partial charge in [0.25, 0.3) is 10.1 Å². The molecule has 162 valence electrons. The van der Waals surface area contributed by atoms with Crippen molar-refractivity contribution in [2.45, 2.75) is 77.2 Å². The smallest absolute Gasteiger partial charge is 0.361 e. The van der Waals surface area contributed by atoms with Gasteiger partial charge in [0.2, 0.25) is 0 Å². The summed E-state index contributed by atoms with van der Waals surface area (Å²) < 4.78 is 35.6. The SMILES string of the molecule is CCCCCCCCCCCCOC(=O)C[N+](C)(C)CC(O)CS(=O)(=O)O. The predicted octanol–water partition coefficient (Wildman–Crippen LogP) is 2.78. The van der Waals surface area contributed by atoms with E-state index in [4.69, 9.17) is 9.29 Å². The molecule has 27 heavy (non-hydrogen) atoms. The van der Waals surface area contributed by atoms with E-state index >= 15 is 0 Å². The molecule has 0 amide bonds. The number of aliphatic hydroxyl groups excluding tert-OH is 1. The third-order valence-corrected chi connectivity index (χ3v) is 5.23. The number of hydrogen-bond donors (Lipinski definition) is 2. The molecule has 1 atom stereocenters. The average molecular weight is 411 g/mol. The molecule has 0 fully saturated rings. The predicted molar refractivity (Wildman–Crippen MR) is 107 cm³/mol. The molecule has 0 aromatic carbocycles. The Labute approximate surface area is 165 Å². The molecule has 0 radical (unpaired) electrons. The maximum absolute atomic E-state index is 11.9. The van der Waals surface area contributed by atoms with Crippen molar-refractivity contribution in [3.05, 3.63) is 0 Å². The lowest BCUT2D eigenvalue weighted by Crippen LogP contribution is -2.50. The minimum atomic E-state index is -4.23. The first kappa shape index (κ1) is 26.3. The van der Waals surface area contributed by atoms with E-state index in [9.17, 15) is 18.3 Å². The maximum atomic E-state index is 11.9. The first-order valence-corrected chi connectivity index (χ1v) is 11.8. The fourth-order valence-electron chi connectivity index (χ4n) is 3.10. The quantitative estimate of drug-likeness (QED) is 0.165. The lowest BCUT2D eigenvalue weighted by molar-refractivity contribution is -0.885. The molecule has 0 spiro atoms. The number of likely N-dealkylation sites (N-methyl/N-ethyl adjacent to an activating group) is 1. The van der Waals surface area contributed by atoms with Crippen LogP contribution in [0.1, 0.15) is 71.1 Å². The minimum absolute atomic E-state index is 0.0349. The maximum Gasteiger partial charge on any atom is 0.361 e. The lowest BCUT2D eigenvalue weighted by atomic mass is 10.1. The number of hydrogen-bond acceptors (Lipinski definition) is 5. The van der Waals surface area contributed by atoms with E-state index in [0.29, 0.717) is 6.61 Å². The van der Waals surface area contributed by atoms with Crippen molar-refractivity contribution in [1.29, 1.82) is 0 Å². The second-order valence-corrected chi connectivity index (χ2v) is 9.58. The first-order chi connectivity index (χ1) is 12.6. The van der Waals surface area contributed by atoms with Gasteiger partial charge in [0, 0.05) is 0 Å². The molecule has 2 N–H and O–H groups in total. The van der Waals surface area contributed by atoms with Gasteiger partial charge >= 0.3 is 5.97 Å². The molecule has 0 aromatic heterocycles. The summed E-state index contributed by atoms with van der Waals surface area (Å²) in [4.78, 5) is 11.9. The number of unbranched alkanes of at least 4 members (excludes halogenated alkanes) is 9. The number of quaternary nitrogens is 1. The van der Waals surface area contributed by atoms with Crippen LogP contribution in [0.15, 0.2) is 0 Å².